The topological polar surface area (TPSA) is 9.86 Å². The lowest BCUT2D eigenvalue weighted by Gasteiger charge is -2.14. The van der Waals surface area contributed by atoms with Crippen molar-refractivity contribution < 1.29 is 0 Å². The van der Waals surface area contributed by atoms with E-state index < -0.39 is 0 Å². The van der Waals surface area contributed by atoms with Crippen molar-refractivity contribution in [3.63, 3.8) is 0 Å². The Morgan fingerprint density at radius 1 is 0.400 bits per heavy atom. The summed E-state index contributed by atoms with van der Waals surface area (Å²) in [5.74, 6) is 0. The van der Waals surface area contributed by atoms with E-state index in [0.29, 0.717) is 0 Å². The minimum Gasteiger partial charge on any atom is -0.314 e. The summed E-state index contributed by atoms with van der Waals surface area (Å²) >= 11 is 0. The zero-order chi connectivity index (χ0) is 26.5. The van der Waals surface area contributed by atoms with Crippen LogP contribution < -0.4 is 0 Å². The van der Waals surface area contributed by atoms with Gasteiger partial charge in [-0.25, -0.2) is 0 Å². The van der Waals surface area contributed by atoms with Crippen molar-refractivity contribution in [1.29, 1.82) is 0 Å². The number of hydrogen-bond acceptors (Lipinski definition) is 0. The van der Waals surface area contributed by atoms with Crippen molar-refractivity contribution >= 4 is 32.7 Å². The van der Waals surface area contributed by atoms with Crippen LogP contribution in [0.3, 0.4) is 0 Å². The lowest BCUT2D eigenvalue weighted by molar-refractivity contribution is 1.10. The second kappa shape index (κ2) is 9.14. The lowest BCUT2D eigenvalue weighted by atomic mass is 10.0. The molecular formula is C38H26N2. The van der Waals surface area contributed by atoms with Gasteiger partial charge in [-0.15, -0.1) is 0 Å². The van der Waals surface area contributed by atoms with Crippen LogP contribution in [-0.4, -0.2) is 9.13 Å². The highest BCUT2D eigenvalue weighted by atomic mass is 15.0. The summed E-state index contributed by atoms with van der Waals surface area (Å²) < 4.78 is 4.81. The van der Waals surface area contributed by atoms with Gasteiger partial charge in [-0.3, -0.25) is 0 Å². The number of hydrogen-bond donors (Lipinski definition) is 0. The first-order valence-corrected chi connectivity index (χ1v) is 13.7. The molecule has 40 heavy (non-hydrogen) atoms. The molecule has 0 radical (unpaired) electrons. The monoisotopic (exact) mass is 510 g/mol. The molecule has 0 saturated carbocycles. The number of benzene rings is 6. The van der Waals surface area contributed by atoms with E-state index in [9.17, 15) is 0 Å². The number of aromatic nitrogens is 2. The maximum atomic E-state index is 2.43. The second-order valence-corrected chi connectivity index (χ2v) is 10.2. The molecule has 0 saturated heterocycles. The Morgan fingerprint density at radius 2 is 0.950 bits per heavy atom. The van der Waals surface area contributed by atoms with Crippen LogP contribution in [0.2, 0.25) is 0 Å². The van der Waals surface area contributed by atoms with Gasteiger partial charge in [-0.2, -0.15) is 0 Å². The smallest absolute Gasteiger partial charge is 0.0777 e. The standard InChI is InChI=1S/C38H26N2/c1-3-13-27(14-4-1)29-17-11-18-30(25-29)39-26-34(28-15-5-2-6-16-28)33-21-12-24-37(38(33)39)40-35-22-9-7-19-31(35)32-20-8-10-23-36(32)40/h1-26H. The van der Waals surface area contributed by atoms with E-state index in [4.69, 9.17) is 0 Å². The molecule has 0 aliphatic heterocycles. The molecule has 0 unspecified atom stereocenters. The molecule has 2 aromatic heterocycles. The predicted molar refractivity (Wildman–Crippen MR) is 168 cm³/mol. The molecule has 0 aliphatic carbocycles. The fraction of sp³-hybridized carbons (Fsp3) is 0. The average Bonchev–Trinajstić information content (AvgIpc) is 3.59. The van der Waals surface area contributed by atoms with E-state index in [0.717, 1.165) is 5.69 Å². The fourth-order valence-electron chi connectivity index (χ4n) is 6.14. The highest BCUT2D eigenvalue weighted by Gasteiger charge is 2.19. The number of nitrogens with zero attached hydrogens (tertiary/aromatic N) is 2. The van der Waals surface area contributed by atoms with Crippen LogP contribution in [0.4, 0.5) is 0 Å². The predicted octanol–water partition coefficient (Wildman–Crippen LogP) is 10.1. The summed E-state index contributed by atoms with van der Waals surface area (Å²) in [4.78, 5) is 0. The highest BCUT2D eigenvalue weighted by molar-refractivity contribution is 6.11. The molecule has 0 bridgehead atoms. The molecule has 0 spiro atoms. The van der Waals surface area contributed by atoms with Crippen molar-refractivity contribution in [3.8, 4) is 33.6 Å². The van der Waals surface area contributed by atoms with Gasteiger partial charge < -0.3 is 9.13 Å². The van der Waals surface area contributed by atoms with Gasteiger partial charge in [-0.05, 0) is 47.0 Å². The van der Waals surface area contributed by atoms with E-state index in [1.807, 2.05) is 0 Å². The van der Waals surface area contributed by atoms with E-state index in [1.54, 1.807) is 0 Å². The van der Waals surface area contributed by atoms with Crippen LogP contribution in [0.5, 0.6) is 0 Å². The maximum Gasteiger partial charge on any atom is 0.0777 e. The summed E-state index contributed by atoms with van der Waals surface area (Å²) in [6.45, 7) is 0. The molecule has 0 aliphatic rings. The first-order valence-electron chi connectivity index (χ1n) is 13.7. The van der Waals surface area contributed by atoms with Crippen molar-refractivity contribution in [2.45, 2.75) is 0 Å². The van der Waals surface area contributed by atoms with Gasteiger partial charge >= 0.3 is 0 Å². The highest BCUT2D eigenvalue weighted by Crippen LogP contribution is 2.39. The molecule has 8 aromatic rings. The molecule has 0 atom stereocenters. The van der Waals surface area contributed by atoms with Gasteiger partial charge in [0, 0.05) is 33.6 Å². The zero-order valence-corrected chi connectivity index (χ0v) is 21.9. The van der Waals surface area contributed by atoms with Crippen LogP contribution in [0.25, 0.3) is 66.3 Å². The SMILES string of the molecule is c1ccc(-c2cccc(-n3cc(-c4ccccc4)c4cccc(-n5c6ccccc6c6ccccc65)c43)c2)cc1. The third kappa shape index (κ3) is 3.50. The summed E-state index contributed by atoms with van der Waals surface area (Å²) in [5.41, 5.74) is 10.8. The average molecular weight is 511 g/mol. The first kappa shape index (κ1) is 22.6. The normalized spacial score (nSPS) is 11.5. The van der Waals surface area contributed by atoms with E-state index >= 15 is 0 Å². The molecule has 0 N–H and O–H groups in total. The van der Waals surface area contributed by atoms with E-state index in [-0.39, 0.29) is 0 Å². The van der Waals surface area contributed by atoms with Gasteiger partial charge in [0.05, 0.1) is 22.2 Å². The van der Waals surface area contributed by atoms with Crippen LogP contribution in [-0.2, 0) is 0 Å². The Balaban J connectivity index is 1.48. The van der Waals surface area contributed by atoms with E-state index in [1.165, 1.54) is 60.6 Å². The molecule has 188 valence electrons. The summed E-state index contributed by atoms with van der Waals surface area (Å²) in [6, 6.07) is 54.3. The maximum absolute atomic E-state index is 2.43. The largest absolute Gasteiger partial charge is 0.314 e. The Kier molecular flexibility index (Phi) is 5.17. The van der Waals surface area contributed by atoms with Crippen LogP contribution >= 0.6 is 0 Å². The Bertz CT molecular complexity index is 2090. The third-order valence-corrected chi connectivity index (χ3v) is 7.94. The van der Waals surface area contributed by atoms with Crippen LogP contribution in [0.15, 0.2) is 158 Å². The molecule has 2 heteroatoms. The van der Waals surface area contributed by atoms with Gasteiger partial charge in [-0.1, -0.05) is 121 Å². The Hall–Kier alpha value is -5.34. The third-order valence-electron chi connectivity index (χ3n) is 7.94. The summed E-state index contributed by atoms with van der Waals surface area (Å²) in [6.07, 6.45) is 2.31. The number of fused-ring (bicyclic) bond motifs is 4. The minimum absolute atomic E-state index is 1.14. The fourth-order valence-corrected chi connectivity index (χ4v) is 6.14. The van der Waals surface area contributed by atoms with Gasteiger partial charge in [0.15, 0.2) is 0 Å². The minimum atomic E-state index is 1.14. The van der Waals surface area contributed by atoms with Gasteiger partial charge in [0.2, 0.25) is 0 Å². The molecular weight excluding hydrogens is 484 g/mol. The molecule has 0 amide bonds. The first-order chi connectivity index (χ1) is 19.9. The number of para-hydroxylation sites is 3. The number of rotatable bonds is 4. The molecule has 6 aromatic carbocycles. The van der Waals surface area contributed by atoms with Crippen molar-refractivity contribution in [2.75, 3.05) is 0 Å². The second-order valence-electron chi connectivity index (χ2n) is 10.2. The van der Waals surface area contributed by atoms with Crippen molar-refractivity contribution in [1.82, 2.24) is 9.13 Å². The lowest BCUT2D eigenvalue weighted by Crippen LogP contribution is -2.00. The molecule has 0 fully saturated rings. The van der Waals surface area contributed by atoms with E-state index in [2.05, 4.69) is 167 Å². The van der Waals surface area contributed by atoms with Crippen LogP contribution in [0.1, 0.15) is 0 Å². The zero-order valence-electron chi connectivity index (χ0n) is 21.9. The van der Waals surface area contributed by atoms with Crippen molar-refractivity contribution in [3.05, 3.63) is 158 Å². The molecule has 2 heterocycles. The van der Waals surface area contributed by atoms with Gasteiger partial charge in [0.25, 0.3) is 0 Å². The quantitative estimate of drug-likeness (QED) is 0.223. The van der Waals surface area contributed by atoms with Crippen LogP contribution in [0, 0.1) is 0 Å². The summed E-state index contributed by atoms with van der Waals surface area (Å²) in [5, 5.41) is 3.76. The molecule has 2 nitrogen and oxygen atoms in total. The Labute approximate surface area is 233 Å². The van der Waals surface area contributed by atoms with Gasteiger partial charge in [0.1, 0.15) is 0 Å². The summed E-state index contributed by atoms with van der Waals surface area (Å²) in [7, 11) is 0. The Morgan fingerprint density at radius 3 is 1.65 bits per heavy atom. The van der Waals surface area contributed by atoms with Crippen molar-refractivity contribution in [2.24, 2.45) is 0 Å². The molecule has 8 rings (SSSR count).